The number of aromatic amines is 1. The Bertz CT molecular complexity index is 1120. The summed E-state index contributed by atoms with van der Waals surface area (Å²) in [4.78, 5) is 19.7. The predicted octanol–water partition coefficient (Wildman–Crippen LogP) is 3.84. The van der Waals surface area contributed by atoms with Crippen LogP contribution in [0.5, 0.6) is 5.88 Å². The van der Waals surface area contributed by atoms with Gasteiger partial charge >= 0.3 is 0 Å². The van der Waals surface area contributed by atoms with Crippen LogP contribution in [0.25, 0.3) is 21.8 Å². The largest absolute Gasteiger partial charge is 0.493 e. The lowest BCUT2D eigenvalue weighted by Crippen LogP contribution is -2.08. The van der Waals surface area contributed by atoms with Crippen LogP contribution in [-0.2, 0) is 0 Å². The summed E-state index contributed by atoms with van der Waals surface area (Å²) in [6.45, 7) is 1.97. The normalized spacial score (nSPS) is 10.4. The first-order valence-electron chi connectivity index (χ1n) is 8.30. The second-order valence-corrected chi connectivity index (χ2v) is 6.30. The highest BCUT2D eigenvalue weighted by atomic mass is 16.3. The van der Waals surface area contributed by atoms with E-state index in [-0.39, 0.29) is 11.4 Å². The molecule has 2 aromatic heterocycles. The molecule has 0 aliphatic carbocycles. The maximum Gasteiger partial charge on any atom is 0.248 e. The van der Waals surface area contributed by atoms with E-state index in [0.29, 0.717) is 0 Å². The van der Waals surface area contributed by atoms with Crippen molar-refractivity contribution in [3.05, 3.63) is 76.6 Å². The zero-order chi connectivity index (χ0) is 18.7. The number of nitrogens with one attached hydrogen (secondary N) is 1. The third kappa shape index (κ3) is 3.83. The van der Waals surface area contributed by atoms with Gasteiger partial charge in [0.25, 0.3) is 0 Å². The van der Waals surface area contributed by atoms with E-state index in [2.05, 4.69) is 9.97 Å². The molecule has 0 radical (unpaired) electrons. The van der Waals surface area contributed by atoms with Crippen molar-refractivity contribution in [1.82, 2.24) is 9.97 Å². The fourth-order valence-corrected chi connectivity index (χ4v) is 2.75. The van der Waals surface area contributed by atoms with Crippen LogP contribution < -0.4 is 10.5 Å². The molecule has 0 saturated carbocycles. The lowest BCUT2D eigenvalue weighted by molar-refractivity contribution is 0.455. The topological polar surface area (TPSA) is 69.2 Å². The summed E-state index contributed by atoms with van der Waals surface area (Å²) in [5.41, 5.74) is 3.80. The second-order valence-electron chi connectivity index (χ2n) is 6.30. The van der Waals surface area contributed by atoms with E-state index in [0.717, 1.165) is 33.1 Å². The summed E-state index contributed by atoms with van der Waals surface area (Å²) in [5, 5.41) is 11.6. The first kappa shape index (κ1) is 17.5. The molecule has 0 amide bonds. The highest BCUT2D eigenvalue weighted by Gasteiger charge is 2.03. The molecule has 0 atom stereocenters. The molecule has 4 rings (SSSR count). The van der Waals surface area contributed by atoms with E-state index >= 15 is 0 Å². The number of hydrogen-bond donors (Lipinski definition) is 2. The highest BCUT2D eigenvalue weighted by molar-refractivity contribution is 5.85. The number of aryl methyl sites for hydroxylation is 1. The fourth-order valence-electron chi connectivity index (χ4n) is 2.75. The van der Waals surface area contributed by atoms with Crippen LogP contribution in [0, 0.1) is 6.92 Å². The highest BCUT2D eigenvalue weighted by Crippen LogP contribution is 2.24. The van der Waals surface area contributed by atoms with Crippen LogP contribution in [0.3, 0.4) is 0 Å². The number of benzene rings is 2. The summed E-state index contributed by atoms with van der Waals surface area (Å²) < 4.78 is 0. The van der Waals surface area contributed by atoms with Gasteiger partial charge in [-0.3, -0.25) is 4.79 Å². The average Bonchev–Trinajstić information content (AvgIpc) is 2.61. The molecule has 132 valence electrons. The molecular formula is C21H21N3O2. The minimum atomic E-state index is -0.0521. The number of H-pyrrole nitrogens is 1. The van der Waals surface area contributed by atoms with Crippen molar-refractivity contribution >= 4 is 27.5 Å². The molecule has 5 nitrogen and oxygen atoms in total. The number of fused-ring (bicyclic) bond motifs is 2. The Morgan fingerprint density at radius 1 is 1.00 bits per heavy atom. The Kier molecular flexibility index (Phi) is 4.89. The van der Waals surface area contributed by atoms with E-state index < -0.39 is 0 Å². The van der Waals surface area contributed by atoms with Crippen LogP contribution in [0.1, 0.15) is 5.56 Å². The van der Waals surface area contributed by atoms with Gasteiger partial charge in [0.2, 0.25) is 11.4 Å². The van der Waals surface area contributed by atoms with Gasteiger partial charge < -0.3 is 15.0 Å². The molecule has 5 heteroatoms. The number of pyridine rings is 2. The maximum absolute atomic E-state index is 10.8. The zero-order valence-corrected chi connectivity index (χ0v) is 15.0. The minimum Gasteiger partial charge on any atom is -0.493 e. The number of anilines is 1. The Morgan fingerprint density at radius 2 is 1.77 bits per heavy atom. The summed E-state index contributed by atoms with van der Waals surface area (Å²) in [6.07, 6.45) is 0. The number of rotatable bonds is 1. The van der Waals surface area contributed by atoms with Gasteiger partial charge in [-0.1, -0.05) is 24.3 Å². The summed E-state index contributed by atoms with van der Waals surface area (Å²) in [5.74, 6) is 0.0795. The second kappa shape index (κ2) is 7.27. The van der Waals surface area contributed by atoms with Crippen molar-refractivity contribution in [2.24, 2.45) is 0 Å². The molecule has 26 heavy (non-hydrogen) atoms. The van der Waals surface area contributed by atoms with Crippen LogP contribution in [-0.4, -0.2) is 29.2 Å². The fraction of sp³-hybridized carbons (Fsp3) is 0.143. The molecule has 2 heterocycles. The zero-order valence-electron chi connectivity index (χ0n) is 15.0. The van der Waals surface area contributed by atoms with Crippen molar-refractivity contribution in [3.63, 3.8) is 0 Å². The van der Waals surface area contributed by atoms with E-state index in [4.69, 9.17) is 0 Å². The summed E-state index contributed by atoms with van der Waals surface area (Å²) >= 11 is 0. The molecule has 0 aliphatic heterocycles. The van der Waals surface area contributed by atoms with E-state index in [1.165, 1.54) is 6.07 Å². The van der Waals surface area contributed by atoms with Gasteiger partial charge in [0.1, 0.15) is 0 Å². The predicted molar refractivity (Wildman–Crippen MR) is 107 cm³/mol. The SMILES string of the molecule is Cc1cc(O)nc2cc(N(C)C)ccc12.O=c1ccc2ccccc2[nH]1. The van der Waals surface area contributed by atoms with Crippen molar-refractivity contribution in [2.45, 2.75) is 6.92 Å². The summed E-state index contributed by atoms with van der Waals surface area (Å²) in [6, 6.07) is 18.8. The quantitative estimate of drug-likeness (QED) is 0.549. The Hall–Kier alpha value is -3.34. The third-order valence-corrected chi connectivity index (χ3v) is 4.14. The molecule has 4 aromatic rings. The Labute approximate surface area is 151 Å². The first-order valence-corrected chi connectivity index (χ1v) is 8.30. The summed E-state index contributed by atoms with van der Waals surface area (Å²) in [7, 11) is 3.97. The lowest BCUT2D eigenvalue weighted by atomic mass is 10.1. The number of para-hydroxylation sites is 1. The molecule has 0 unspecified atom stereocenters. The standard InChI is InChI=1S/C12H14N2O.C9H7NO/c1-8-6-12(15)13-11-7-9(14(2)3)4-5-10(8)11;11-9-6-5-7-3-1-2-4-8(7)10-9/h4-7H,1-3H3,(H,13,15);1-6H,(H,10,11). The third-order valence-electron chi connectivity index (χ3n) is 4.14. The van der Waals surface area contributed by atoms with Crippen molar-refractivity contribution in [2.75, 3.05) is 19.0 Å². The first-order chi connectivity index (χ1) is 12.4. The van der Waals surface area contributed by atoms with Crippen molar-refractivity contribution in [3.8, 4) is 5.88 Å². The van der Waals surface area contributed by atoms with Crippen LogP contribution >= 0.6 is 0 Å². The van der Waals surface area contributed by atoms with Gasteiger partial charge in [-0.2, -0.15) is 0 Å². The van der Waals surface area contributed by atoms with E-state index in [9.17, 15) is 9.90 Å². The monoisotopic (exact) mass is 347 g/mol. The van der Waals surface area contributed by atoms with Crippen molar-refractivity contribution in [1.29, 1.82) is 0 Å². The number of nitrogens with zero attached hydrogens (tertiary/aromatic N) is 2. The van der Waals surface area contributed by atoms with Crippen LogP contribution in [0.2, 0.25) is 0 Å². The van der Waals surface area contributed by atoms with Gasteiger partial charge in [-0.25, -0.2) is 4.98 Å². The molecule has 2 aromatic carbocycles. The molecule has 2 N–H and O–H groups in total. The van der Waals surface area contributed by atoms with E-state index in [1.807, 2.05) is 74.4 Å². The van der Waals surface area contributed by atoms with Gasteiger partial charge in [0.05, 0.1) is 5.52 Å². The van der Waals surface area contributed by atoms with Crippen LogP contribution in [0.4, 0.5) is 5.69 Å². The smallest absolute Gasteiger partial charge is 0.248 e. The number of aromatic nitrogens is 2. The van der Waals surface area contributed by atoms with Gasteiger partial charge in [-0.15, -0.1) is 0 Å². The minimum absolute atomic E-state index is 0.0521. The van der Waals surface area contributed by atoms with E-state index in [1.54, 1.807) is 6.07 Å². The lowest BCUT2D eigenvalue weighted by Gasteiger charge is -2.13. The number of hydrogen-bond acceptors (Lipinski definition) is 4. The number of aromatic hydroxyl groups is 1. The molecule has 0 saturated heterocycles. The molecule has 0 aliphatic rings. The van der Waals surface area contributed by atoms with Crippen LogP contribution in [0.15, 0.2) is 65.5 Å². The maximum atomic E-state index is 10.8. The van der Waals surface area contributed by atoms with Gasteiger partial charge in [0.15, 0.2) is 0 Å². The Balaban J connectivity index is 0.000000158. The molecule has 0 fully saturated rings. The molecule has 0 bridgehead atoms. The molecular weight excluding hydrogens is 326 g/mol. The average molecular weight is 347 g/mol. The molecule has 0 spiro atoms. The Morgan fingerprint density at radius 3 is 2.54 bits per heavy atom. The van der Waals surface area contributed by atoms with Gasteiger partial charge in [-0.05, 0) is 42.1 Å². The van der Waals surface area contributed by atoms with Gasteiger partial charge in [0, 0.05) is 42.8 Å². The van der Waals surface area contributed by atoms with Crippen molar-refractivity contribution < 1.29 is 5.11 Å².